The van der Waals surface area contributed by atoms with Gasteiger partial charge in [0.15, 0.2) is 5.92 Å². The van der Waals surface area contributed by atoms with Crippen molar-refractivity contribution in [3.63, 3.8) is 0 Å². The summed E-state index contributed by atoms with van der Waals surface area (Å²) in [5.74, 6) is -0.680. The van der Waals surface area contributed by atoms with Crippen molar-refractivity contribution >= 4 is 28.9 Å². The molecular formula is C28H27N3O4. The Morgan fingerprint density at radius 1 is 0.914 bits per heavy atom. The lowest BCUT2D eigenvalue weighted by atomic mass is 9.89. The Labute approximate surface area is 203 Å². The molecular weight excluding hydrogens is 442 g/mol. The maximum atomic E-state index is 14.0. The van der Waals surface area contributed by atoms with Crippen LogP contribution in [0.3, 0.4) is 0 Å². The number of rotatable bonds is 7. The second kappa shape index (κ2) is 9.62. The highest BCUT2D eigenvalue weighted by Crippen LogP contribution is 2.42. The van der Waals surface area contributed by atoms with Gasteiger partial charge in [-0.3, -0.25) is 14.5 Å². The van der Waals surface area contributed by atoms with Crippen molar-refractivity contribution in [3.8, 4) is 5.75 Å². The average Bonchev–Trinajstić information content (AvgIpc) is 3.26. The summed E-state index contributed by atoms with van der Waals surface area (Å²) in [4.78, 5) is 33.7. The molecule has 5 rings (SSSR count). The third-order valence-electron chi connectivity index (χ3n) is 6.20. The summed E-state index contributed by atoms with van der Waals surface area (Å²) in [6.45, 7) is 4.72. The van der Waals surface area contributed by atoms with E-state index in [1.165, 1.54) is 0 Å². The molecule has 7 nitrogen and oxygen atoms in total. The number of fused-ring (bicyclic) bond motifs is 3. The Morgan fingerprint density at radius 2 is 1.63 bits per heavy atom. The van der Waals surface area contributed by atoms with Crippen LogP contribution in [-0.2, 0) is 20.9 Å². The number of benzene rings is 3. The number of ether oxygens (including phenoxy) is 2. The number of esters is 1. The zero-order valence-electron chi connectivity index (χ0n) is 19.8. The molecule has 35 heavy (non-hydrogen) atoms. The molecule has 1 aliphatic rings. The monoisotopic (exact) mass is 469 g/mol. The first-order valence-electron chi connectivity index (χ1n) is 11.8. The SMILES string of the molecule is CCOC(=O)[C@@H]1C(=O)N(Cc2ccccc2)c2nc3ccccc3n2[C@@H]1c1ccc(OCC)cc1. The molecule has 4 aromatic rings. The normalized spacial score (nSPS) is 17.3. The van der Waals surface area contributed by atoms with E-state index in [0.29, 0.717) is 19.1 Å². The third kappa shape index (κ3) is 4.14. The molecule has 0 saturated carbocycles. The van der Waals surface area contributed by atoms with Gasteiger partial charge in [-0.05, 0) is 49.2 Å². The van der Waals surface area contributed by atoms with E-state index in [4.69, 9.17) is 14.5 Å². The first-order valence-corrected chi connectivity index (χ1v) is 11.8. The van der Waals surface area contributed by atoms with Gasteiger partial charge in [-0.25, -0.2) is 4.98 Å². The average molecular weight is 470 g/mol. The Bertz CT molecular complexity index is 1350. The van der Waals surface area contributed by atoms with Gasteiger partial charge in [-0.2, -0.15) is 0 Å². The van der Waals surface area contributed by atoms with Gasteiger partial charge in [-0.1, -0.05) is 54.6 Å². The van der Waals surface area contributed by atoms with Gasteiger partial charge >= 0.3 is 5.97 Å². The van der Waals surface area contributed by atoms with Crippen molar-refractivity contribution in [1.82, 2.24) is 9.55 Å². The fraction of sp³-hybridized carbons (Fsp3) is 0.250. The highest BCUT2D eigenvalue weighted by molar-refractivity contribution is 6.08. The van der Waals surface area contributed by atoms with Crippen LogP contribution in [0, 0.1) is 5.92 Å². The van der Waals surface area contributed by atoms with E-state index in [-0.39, 0.29) is 12.5 Å². The van der Waals surface area contributed by atoms with Crippen LogP contribution < -0.4 is 9.64 Å². The quantitative estimate of drug-likeness (QED) is 0.288. The Hall–Kier alpha value is -4.13. The number of imidazole rings is 1. The lowest BCUT2D eigenvalue weighted by Gasteiger charge is -2.38. The molecule has 0 saturated heterocycles. The molecule has 0 radical (unpaired) electrons. The molecule has 3 aromatic carbocycles. The standard InChI is InChI=1S/C28H27N3O4/c1-3-34-21-16-14-20(15-17-21)25-24(27(33)35-4-2)26(32)30(18-19-10-6-5-7-11-19)28-29-22-12-8-9-13-23(22)31(25)28/h5-17,24-25H,3-4,18H2,1-2H3/t24-,25+/m0/s1. The van der Waals surface area contributed by atoms with E-state index in [1.807, 2.05) is 90.4 Å². The van der Waals surface area contributed by atoms with E-state index < -0.39 is 17.9 Å². The minimum absolute atomic E-state index is 0.189. The second-order valence-electron chi connectivity index (χ2n) is 8.36. The lowest BCUT2D eigenvalue weighted by molar-refractivity contribution is -0.153. The summed E-state index contributed by atoms with van der Waals surface area (Å²) in [7, 11) is 0. The molecule has 0 fully saturated rings. The topological polar surface area (TPSA) is 73.7 Å². The van der Waals surface area contributed by atoms with E-state index in [0.717, 1.165) is 27.9 Å². The largest absolute Gasteiger partial charge is 0.494 e. The van der Waals surface area contributed by atoms with Gasteiger partial charge in [0.2, 0.25) is 11.9 Å². The van der Waals surface area contributed by atoms with Gasteiger partial charge in [0.25, 0.3) is 0 Å². The number of hydrogen-bond acceptors (Lipinski definition) is 5. The number of anilines is 1. The van der Waals surface area contributed by atoms with E-state index in [2.05, 4.69) is 0 Å². The smallest absolute Gasteiger partial charge is 0.321 e. The lowest BCUT2D eigenvalue weighted by Crippen LogP contribution is -2.49. The number of aromatic nitrogens is 2. The molecule has 7 heteroatoms. The molecule has 0 N–H and O–H groups in total. The van der Waals surface area contributed by atoms with Crippen LogP contribution in [0.2, 0.25) is 0 Å². The molecule has 0 aliphatic carbocycles. The number of nitrogens with zero attached hydrogens (tertiary/aromatic N) is 3. The molecule has 178 valence electrons. The Morgan fingerprint density at radius 3 is 2.34 bits per heavy atom. The maximum Gasteiger partial charge on any atom is 0.321 e. The van der Waals surface area contributed by atoms with E-state index >= 15 is 0 Å². The number of hydrogen-bond donors (Lipinski definition) is 0. The predicted octanol–water partition coefficient (Wildman–Crippen LogP) is 4.75. The van der Waals surface area contributed by atoms with Crippen LogP contribution in [0.25, 0.3) is 11.0 Å². The fourth-order valence-electron chi connectivity index (χ4n) is 4.69. The summed E-state index contributed by atoms with van der Waals surface area (Å²) in [5.41, 5.74) is 3.36. The molecule has 0 bridgehead atoms. The summed E-state index contributed by atoms with van der Waals surface area (Å²) in [6.07, 6.45) is 0. The van der Waals surface area contributed by atoms with E-state index in [9.17, 15) is 9.59 Å². The number of carbonyl (C=O) groups excluding carboxylic acids is 2. The molecule has 1 amide bonds. The van der Waals surface area contributed by atoms with Gasteiger partial charge in [-0.15, -0.1) is 0 Å². The summed E-state index contributed by atoms with van der Waals surface area (Å²) < 4.78 is 13.0. The number of para-hydroxylation sites is 2. The van der Waals surface area contributed by atoms with Crippen molar-refractivity contribution in [3.05, 3.63) is 90.0 Å². The molecule has 2 atom stereocenters. The molecule has 2 heterocycles. The molecule has 0 spiro atoms. The minimum atomic E-state index is -1.05. The number of amides is 1. The first-order chi connectivity index (χ1) is 17.1. The van der Waals surface area contributed by atoms with Crippen molar-refractivity contribution < 1.29 is 19.1 Å². The van der Waals surface area contributed by atoms with Gasteiger partial charge in [0, 0.05) is 0 Å². The van der Waals surface area contributed by atoms with E-state index in [1.54, 1.807) is 11.8 Å². The Kier molecular flexibility index (Phi) is 6.23. The predicted molar refractivity (Wildman–Crippen MR) is 133 cm³/mol. The minimum Gasteiger partial charge on any atom is -0.494 e. The Balaban J connectivity index is 1.71. The van der Waals surface area contributed by atoms with Crippen LogP contribution in [0.15, 0.2) is 78.9 Å². The molecule has 1 aliphatic heterocycles. The highest BCUT2D eigenvalue weighted by atomic mass is 16.5. The fourth-order valence-corrected chi connectivity index (χ4v) is 4.69. The summed E-state index contributed by atoms with van der Waals surface area (Å²) >= 11 is 0. The third-order valence-corrected chi connectivity index (χ3v) is 6.20. The zero-order chi connectivity index (χ0) is 24.4. The van der Waals surface area contributed by atoms with Gasteiger partial charge in [0.05, 0.1) is 36.8 Å². The van der Waals surface area contributed by atoms with Crippen LogP contribution in [0.4, 0.5) is 5.95 Å². The van der Waals surface area contributed by atoms with Crippen LogP contribution in [0.5, 0.6) is 5.75 Å². The van der Waals surface area contributed by atoms with Crippen molar-refractivity contribution in [2.45, 2.75) is 26.4 Å². The maximum absolute atomic E-state index is 14.0. The van der Waals surface area contributed by atoms with Crippen molar-refractivity contribution in [2.24, 2.45) is 5.92 Å². The second-order valence-corrected chi connectivity index (χ2v) is 8.36. The van der Waals surface area contributed by atoms with Gasteiger partial charge in [0.1, 0.15) is 5.75 Å². The first kappa shape index (κ1) is 22.7. The molecule has 0 unspecified atom stereocenters. The van der Waals surface area contributed by atoms with Crippen molar-refractivity contribution in [1.29, 1.82) is 0 Å². The van der Waals surface area contributed by atoms with Gasteiger partial charge < -0.3 is 14.0 Å². The summed E-state index contributed by atoms with van der Waals surface area (Å²) in [5, 5.41) is 0. The number of carbonyl (C=O) groups is 2. The van der Waals surface area contributed by atoms with Crippen molar-refractivity contribution in [2.75, 3.05) is 18.1 Å². The summed E-state index contributed by atoms with van der Waals surface area (Å²) in [6, 6.07) is 24.4. The van der Waals surface area contributed by atoms with Crippen LogP contribution in [0.1, 0.15) is 31.0 Å². The molecule has 1 aromatic heterocycles. The van der Waals surface area contributed by atoms with Crippen LogP contribution in [-0.4, -0.2) is 34.6 Å². The zero-order valence-corrected chi connectivity index (χ0v) is 19.8. The van der Waals surface area contributed by atoms with Crippen LogP contribution >= 0.6 is 0 Å². The highest BCUT2D eigenvalue weighted by Gasteiger charge is 2.47.